The minimum atomic E-state index is 0.149. The molecule has 2 aliphatic rings. The summed E-state index contributed by atoms with van der Waals surface area (Å²) in [6, 6.07) is 10.4. The predicted molar refractivity (Wildman–Crippen MR) is 97.9 cm³/mol. The Labute approximate surface area is 145 Å². The monoisotopic (exact) mass is 340 g/mol. The maximum absolute atomic E-state index is 12.3. The number of nitrogens with zero attached hydrogens (tertiary/aromatic N) is 2. The zero-order valence-electron chi connectivity index (χ0n) is 13.9. The molecule has 1 unspecified atom stereocenters. The summed E-state index contributed by atoms with van der Waals surface area (Å²) in [6.45, 7) is 2.65. The highest BCUT2D eigenvalue weighted by Crippen LogP contribution is 2.47. The topological polar surface area (TPSA) is 41.9 Å². The Bertz CT molecular complexity index is 810. The van der Waals surface area contributed by atoms with Gasteiger partial charge >= 0.3 is 0 Å². The van der Waals surface area contributed by atoms with E-state index < -0.39 is 0 Å². The van der Waals surface area contributed by atoms with Crippen LogP contribution in [0.3, 0.4) is 0 Å². The quantitative estimate of drug-likeness (QED) is 0.824. The lowest BCUT2D eigenvalue weighted by atomic mass is 9.91. The van der Waals surface area contributed by atoms with E-state index in [2.05, 4.69) is 24.0 Å². The molecule has 0 bridgehead atoms. The van der Waals surface area contributed by atoms with E-state index in [1.165, 1.54) is 11.1 Å². The van der Waals surface area contributed by atoms with Gasteiger partial charge in [-0.1, -0.05) is 18.2 Å². The number of hydrogen-bond acceptors (Lipinski definition) is 5. The molecule has 0 saturated carbocycles. The molecule has 2 heterocycles. The average molecular weight is 340 g/mol. The van der Waals surface area contributed by atoms with Crippen LogP contribution in [-0.2, 0) is 11.2 Å². The number of carbonyl (C=O) groups is 1. The van der Waals surface area contributed by atoms with Crippen LogP contribution in [0.5, 0.6) is 0 Å². The second-order valence-corrected chi connectivity index (χ2v) is 7.25. The number of ether oxygens (including phenoxy) is 1. The molecule has 4 nitrogen and oxygen atoms in total. The summed E-state index contributed by atoms with van der Waals surface area (Å²) < 4.78 is 5.38. The van der Waals surface area contributed by atoms with Crippen LogP contribution in [0.1, 0.15) is 46.6 Å². The molecule has 0 fully saturated rings. The van der Waals surface area contributed by atoms with Crippen LogP contribution in [0.2, 0.25) is 0 Å². The van der Waals surface area contributed by atoms with Crippen LogP contribution >= 0.6 is 11.3 Å². The zero-order valence-corrected chi connectivity index (χ0v) is 14.7. The molecule has 1 aliphatic carbocycles. The highest BCUT2D eigenvalue weighted by molar-refractivity contribution is 7.18. The van der Waals surface area contributed by atoms with Crippen LogP contribution in [0.4, 0.5) is 10.7 Å². The number of aliphatic imine (C=N–C) groups is 1. The van der Waals surface area contributed by atoms with Crippen molar-refractivity contribution in [3.8, 4) is 0 Å². The molecular weight excluding hydrogens is 320 g/mol. The number of para-hydroxylation sites is 1. The fourth-order valence-corrected chi connectivity index (χ4v) is 5.01. The van der Waals surface area contributed by atoms with Crippen molar-refractivity contribution in [3.63, 3.8) is 0 Å². The molecule has 1 aromatic carbocycles. The van der Waals surface area contributed by atoms with Gasteiger partial charge in [0.05, 0.1) is 10.9 Å². The smallest absolute Gasteiger partial charge is 0.173 e. The Hall–Kier alpha value is -1.98. The standard InChI is InChI=1S/C19H20N2O2S/c1-12-17-14-9-6-10-15(22)18(14)24-19(17)20-16(11-23-2)21(12)13-7-4-3-5-8-13/h3-5,7-8,12H,6,9-11H2,1-2H3. The summed E-state index contributed by atoms with van der Waals surface area (Å²) in [6.07, 6.45) is 2.59. The number of methoxy groups -OCH3 is 1. The van der Waals surface area contributed by atoms with E-state index in [1.807, 2.05) is 18.2 Å². The highest BCUT2D eigenvalue weighted by Gasteiger charge is 2.35. The second kappa shape index (κ2) is 6.15. The van der Waals surface area contributed by atoms with Gasteiger partial charge in [0, 0.05) is 24.8 Å². The number of hydrogen-bond donors (Lipinski definition) is 0. The van der Waals surface area contributed by atoms with Gasteiger partial charge in [-0.15, -0.1) is 11.3 Å². The van der Waals surface area contributed by atoms with E-state index in [9.17, 15) is 4.79 Å². The molecule has 0 spiro atoms. The molecule has 0 saturated heterocycles. The summed E-state index contributed by atoms with van der Waals surface area (Å²) in [5.74, 6) is 1.17. The SMILES string of the molecule is COCC1=Nc2sc3c(c2C(C)N1c1ccccc1)CCCC3=O. The summed E-state index contributed by atoms with van der Waals surface area (Å²) in [5.41, 5.74) is 3.56. The molecule has 1 atom stereocenters. The minimum absolute atomic E-state index is 0.149. The van der Waals surface area contributed by atoms with E-state index in [1.54, 1.807) is 18.4 Å². The van der Waals surface area contributed by atoms with Crippen molar-refractivity contribution in [2.75, 3.05) is 18.6 Å². The lowest BCUT2D eigenvalue weighted by Crippen LogP contribution is -2.38. The van der Waals surface area contributed by atoms with E-state index in [4.69, 9.17) is 9.73 Å². The fourth-order valence-electron chi connectivity index (χ4n) is 3.71. The molecule has 0 N–H and O–H groups in total. The van der Waals surface area contributed by atoms with Crippen LogP contribution in [0.25, 0.3) is 0 Å². The Morgan fingerprint density at radius 2 is 2.08 bits per heavy atom. The maximum atomic E-state index is 12.3. The number of rotatable bonds is 3. The number of Topliss-reactive ketones (excluding diaryl/α,β-unsaturated/α-hetero) is 1. The normalized spacial score (nSPS) is 19.8. The Balaban J connectivity index is 1.87. The van der Waals surface area contributed by atoms with Crippen LogP contribution in [0, 0.1) is 0 Å². The van der Waals surface area contributed by atoms with Crippen molar-refractivity contribution in [3.05, 3.63) is 46.3 Å². The summed E-state index contributed by atoms with van der Waals surface area (Å²) >= 11 is 1.56. The van der Waals surface area contributed by atoms with Crippen LogP contribution in [-0.4, -0.2) is 25.3 Å². The van der Waals surface area contributed by atoms with Gasteiger partial charge in [0.25, 0.3) is 0 Å². The number of benzene rings is 1. The third kappa shape index (κ3) is 2.39. The first kappa shape index (κ1) is 15.5. The molecule has 124 valence electrons. The molecule has 4 rings (SSSR count). The van der Waals surface area contributed by atoms with Gasteiger partial charge in [-0.3, -0.25) is 4.79 Å². The molecule has 0 amide bonds. The van der Waals surface area contributed by atoms with Gasteiger partial charge in [0.2, 0.25) is 0 Å². The van der Waals surface area contributed by atoms with Gasteiger partial charge in [-0.25, -0.2) is 4.99 Å². The predicted octanol–water partition coefficient (Wildman–Crippen LogP) is 4.52. The maximum Gasteiger partial charge on any atom is 0.173 e. The lowest BCUT2D eigenvalue weighted by molar-refractivity contribution is 0.0976. The molecule has 1 aliphatic heterocycles. The Morgan fingerprint density at radius 1 is 1.29 bits per heavy atom. The fraction of sp³-hybridized carbons (Fsp3) is 0.368. The largest absolute Gasteiger partial charge is 0.377 e. The third-order valence-corrected chi connectivity index (χ3v) is 5.92. The Morgan fingerprint density at radius 3 is 2.83 bits per heavy atom. The van der Waals surface area contributed by atoms with Gasteiger partial charge in [0.1, 0.15) is 17.4 Å². The lowest BCUT2D eigenvalue weighted by Gasteiger charge is -2.36. The number of thiophene rings is 1. The zero-order chi connectivity index (χ0) is 16.7. The van der Waals surface area contributed by atoms with E-state index in [-0.39, 0.29) is 11.8 Å². The third-order valence-electron chi connectivity index (χ3n) is 4.73. The molecule has 24 heavy (non-hydrogen) atoms. The summed E-state index contributed by atoms with van der Waals surface area (Å²) in [5, 5.41) is 0.988. The number of fused-ring (bicyclic) bond motifs is 3. The van der Waals surface area contributed by atoms with Crippen LogP contribution < -0.4 is 4.90 Å². The molecule has 2 aromatic rings. The van der Waals surface area contributed by atoms with Crippen molar-refractivity contribution in [2.24, 2.45) is 4.99 Å². The first-order chi connectivity index (χ1) is 11.7. The van der Waals surface area contributed by atoms with Crippen LogP contribution in [0.15, 0.2) is 35.3 Å². The molecule has 1 aromatic heterocycles. The molecule has 5 heteroatoms. The van der Waals surface area contributed by atoms with Gasteiger partial charge in [-0.2, -0.15) is 0 Å². The van der Waals surface area contributed by atoms with Gasteiger partial charge in [-0.05, 0) is 37.5 Å². The van der Waals surface area contributed by atoms with Crippen molar-refractivity contribution in [2.45, 2.75) is 32.2 Å². The van der Waals surface area contributed by atoms with E-state index >= 15 is 0 Å². The molecule has 0 radical (unpaired) electrons. The van der Waals surface area contributed by atoms with Gasteiger partial charge in [0.15, 0.2) is 5.78 Å². The molecular formula is C19H20N2O2S. The van der Waals surface area contributed by atoms with E-state index in [0.29, 0.717) is 13.0 Å². The second-order valence-electron chi connectivity index (χ2n) is 6.25. The number of amidine groups is 1. The van der Waals surface area contributed by atoms with Crippen molar-refractivity contribution in [1.82, 2.24) is 0 Å². The van der Waals surface area contributed by atoms with E-state index in [0.717, 1.165) is 34.2 Å². The van der Waals surface area contributed by atoms with Gasteiger partial charge < -0.3 is 9.64 Å². The summed E-state index contributed by atoms with van der Waals surface area (Å²) in [7, 11) is 1.69. The highest BCUT2D eigenvalue weighted by atomic mass is 32.1. The van der Waals surface area contributed by atoms with Crippen molar-refractivity contribution < 1.29 is 9.53 Å². The van der Waals surface area contributed by atoms with Crippen molar-refractivity contribution >= 4 is 33.6 Å². The number of ketones is 1. The summed E-state index contributed by atoms with van der Waals surface area (Å²) in [4.78, 5) is 20.3. The average Bonchev–Trinajstić information content (AvgIpc) is 2.96. The first-order valence-corrected chi connectivity index (χ1v) is 9.12. The minimum Gasteiger partial charge on any atom is -0.377 e. The Kier molecular flexibility index (Phi) is 3.98. The first-order valence-electron chi connectivity index (χ1n) is 8.30. The van der Waals surface area contributed by atoms with Crippen molar-refractivity contribution in [1.29, 1.82) is 0 Å². The number of carbonyl (C=O) groups excluding carboxylic acids is 1. The number of anilines is 1.